The zero-order valence-electron chi connectivity index (χ0n) is 10.5. The fourth-order valence-corrected chi connectivity index (χ4v) is 3.39. The number of hydrogen-bond acceptors (Lipinski definition) is 2. The van der Waals surface area contributed by atoms with Gasteiger partial charge in [0.25, 0.3) is 0 Å². The molecule has 0 aromatic heterocycles. The second-order valence-electron chi connectivity index (χ2n) is 4.99. The lowest BCUT2D eigenvalue weighted by molar-refractivity contribution is 0.481. The quantitative estimate of drug-likeness (QED) is 0.791. The first-order chi connectivity index (χ1) is 8.65. The molecule has 0 fully saturated rings. The highest BCUT2D eigenvalue weighted by atomic mass is 35.5. The van der Waals surface area contributed by atoms with Crippen molar-refractivity contribution < 1.29 is 5.11 Å². The van der Waals surface area contributed by atoms with Crippen LogP contribution in [-0.4, -0.2) is 24.1 Å². The van der Waals surface area contributed by atoms with Crippen molar-refractivity contribution in [2.45, 2.75) is 18.9 Å². The Bertz CT molecular complexity index is 611. The van der Waals surface area contributed by atoms with Crippen LogP contribution in [0.15, 0.2) is 30.3 Å². The molecule has 18 heavy (non-hydrogen) atoms. The number of hydrogen-bond donors (Lipinski definition) is 1. The van der Waals surface area contributed by atoms with E-state index in [9.17, 15) is 5.11 Å². The fourth-order valence-electron chi connectivity index (χ4n) is 2.98. The Balaban J connectivity index is 2.38. The summed E-state index contributed by atoms with van der Waals surface area (Å²) in [6.07, 6.45) is 0. The number of fused-ring (bicyclic) bond motifs is 3. The number of alkyl halides is 1. The number of anilines is 1. The van der Waals surface area contributed by atoms with Crippen LogP contribution in [-0.2, 0) is 0 Å². The fraction of sp³-hybridized carbons (Fsp3) is 0.333. The van der Waals surface area contributed by atoms with Crippen LogP contribution in [0.25, 0.3) is 10.8 Å². The van der Waals surface area contributed by atoms with Gasteiger partial charge in [0.1, 0.15) is 5.75 Å². The Kier molecular flexibility index (Phi) is 2.63. The Labute approximate surface area is 112 Å². The SMILES string of the molecule is C[C@@H]1[C@@H](CCl)c2c(cc(O)c3ccccc23)N1C. The van der Waals surface area contributed by atoms with Gasteiger partial charge in [-0.15, -0.1) is 11.6 Å². The normalized spacial score (nSPS) is 22.5. The second kappa shape index (κ2) is 4.06. The summed E-state index contributed by atoms with van der Waals surface area (Å²) in [6.45, 7) is 2.18. The molecular formula is C15H16ClNO. The molecule has 0 radical (unpaired) electrons. The lowest BCUT2D eigenvalue weighted by Crippen LogP contribution is -2.27. The third kappa shape index (κ3) is 1.42. The minimum absolute atomic E-state index is 0.317. The number of phenols is 1. The molecule has 94 valence electrons. The molecule has 0 saturated carbocycles. The van der Waals surface area contributed by atoms with Crippen molar-refractivity contribution >= 4 is 28.1 Å². The molecule has 2 aromatic carbocycles. The Hall–Kier alpha value is -1.41. The van der Waals surface area contributed by atoms with Crippen molar-refractivity contribution in [2.75, 3.05) is 17.8 Å². The van der Waals surface area contributed by atoms with E-state index in [4.69, 9.17) is 11.6 Å². The summed E-state index contributed by atoms with van der Waals surface area (Å²) >= 11 is 6.15. The number of likely N-dealkylation sites (N-methyl/N-ethyl adjacent to an activating group) is 1. The predicted octanol–water partition coefficient (Wildman–Crippen LogP) is 3.71. The van der Waals surface area contributed by atoms with Crippen molar-refractivity contribution in [2.24, 2.45) is 0 Å². The third-order valence-corrected chi connectivity index (χ3v) is 4.49. The maximum Gasteiger partial charge on any atom is 0.125 e. The van der Waals surface area contributed by atoms with Crippen LogP contribution in [0.5, 0.6) is 5.75 Å². The highest BCUT2D eigenvalue weighted by Gasteiger charge is 2.34. The first-order valence-electron chi connectivity index (χ1n) is 6.18. The van der Waals surface area contributed by atoms with Crippen LogP contribution in [0.3, 0.4) is 0 Å². The molecule has 1 aliphatic rings. The summed E-state index contributed by atoms with van der Waals surface area (Å²) in [5, 5.41) is 12.2. The molecule has 0 amide bonds. The summed E-state index contributed by atoms with van der Waals surface area (Å²) in [4.78, 5) is 2.20. The van der Waals surface area contributed by atoms with Gasteiger partial charge in [-0.25, -0.2) is 0 Å². The van der Waals surface area contributed by atoms with E-state index in [2.05, 4.69) is 24.9 Å². The molecule has 2 atom stereocenters. The van der Waals surface area contributed by atoms with E-state index in [1.54, 1.807) is 0 Å². The first kappa shape index (κ1) is 11.7. The van der Waals surface area contributed by atoms with Crippen molar-refractivity contribution in [1.82, 2.24) is 0 Å². The minimum Gasteiger partial charge on any atom is -0.507 e. The number of rotatable bonds is 1. The molecule has 0 spiro atoms. The Morgan fingerprint density at radius 2 is 1.94 bits per heavy atom. The van der Waals surface area contributed by atoms with Crippen molar-refractivity contribution in [3.8, 4) is 5.75 Å². The monoisotopic (exact) mass is 261 g/mol. The molecular weight excluding hydrogens is 246 g/mol. The Morgan fingerprint density at radius 1 is 1.28 bits per heavy atom. The summed E-state index contributed by atoms with van der Waals surface area (Å²) < 4.78 is 0. The highest BCUT2D eigenvalue weighted by Crippen LogP contribution is 2.47. The largest absolute Gasteiger partial charge is 0.507 e. The summed E-state index contributed by atoms with van der Waals surface area (Å²) in [5.41, 5.74) is 2.37. The minimum atomic E-state index is 0.317. The van der Waals surface area contributed by atoms with Gasteiger partial charge in [-0.3, -0.25) is 0 Å². The molecule has 1 N–H and O–H groups in total. The lowest BCUT2D eigenvalue weighted by Gasteiger charge is -2.21. The van der Waals surface area contributed by atoms with Gasteiger partial charge < -0.3 is 10.0 Å². The average Bonchev–Trinajstić information content (AvgIpc) is 2.63. The van der Waals surface area contributed by atoms with Crippen LogP contribution in [0.4, 0.5) is 5.69 Å². The van der Waals surface area contributed by atoms with E-state index in [0.29, 0.717) is 23.6 Å². The number of aromatic hydroxyl groups is 1. The molecule has 3 rings (SSSR count). The van der Waals surface area contributed by atoms with E-state index < -0.39 is 0 Å². The number of benzene rings is 2. The first-order valence-corrected chi connectivity index (χ1v) is 6.72. The van der Waals surface area contributed by atoms with E-state index in [-0.39, 0.29) is 0 Å². The van der Waals surface area contributed by atoms with Gasteiger partial charge in [-0.2, -0.15) is 0 Å². The van der Waals surface area contributed by atoms with Crippen LogP contribution in [0.2, 0.25) is 0 Å². The van der Waals surface area contributed by atoms with Crippen LogP contribution in [0.1, 0.15) is 18.4 Å². The molecule has 1 aliphatic heterocycles. The van der Waals surface area contributed by atoms with Gasteiger partial charge in [0.05, 0.1) is 0 Å². The second-order valence-corrected chi connectivity index (χ2v) is 5.29. The zero-order valence-corrected chi connectivity index (χ0v) is 11.3. The maximum absolute atomic E-state index is 10.1. The average molecular weight is 262 g/mol. The number of phenolic OH excluding ortho intramolecular Hbond substituents is 1. The summed E-state index contributed by atoms with van der Waals surface area (Å²) in [5.74, 6) is 1.27. The lowest BCUT2D eigenvalue weighted by atomic mass is 9.92. The van der Waals surface area contributed by atoms with Gasteiger partial charge >= 0.3 is 0 Å². The van der Waals surface area contributed by atoms with Crippen LogP contribution < -0.4 is 4.90 Å². The number of halogens is 1. The molecule has 0 unspecified atom stereocenters. The van der Waals surface area contributed by atoms with Gasteiger partial charge in [0.2, 0.25) is 0 Å². The molecule has 3 heteroatoms. The van der Waals surface area contributed by atoms with Crippen LogP contribution in [0, 0.1) is 0 Å². The van der Waals surface area contributed by atoms with E-state index in [1.165, 1.54) is 5.56 Å². The molecule has 0 bridgehead atoms. The number of nitrogens with zero attached hydrogens (tertiary/aromatic N) is 1. The molecule has 2 nitrogen and oxygen atoms in total. The smallest absolute Gasteiger partial charge is 0.125 e. The Morgan fingerprint density at radius 3 is 2.61 bits per heavy atom. The van der Waals surface area contributed by atoms with Crippen molar-refractivity contribution in [3.63, 3.8) is 0 Å². The molecule has 1 heterocycles. The van der Waals surface area contributed by atoms with E-state index in [0.717, 1.165) is 16.5 Å². The standard InChI is InChI=1S/C15H16ClNO/c1-9-12(8-16)15-11-6-4-3-5-10(11)14(18)7-13(15)17(9)2/h3-7,9,12,18H,8H2,1-2H3/t9-,12-/m1/s1. The van der Waals surface area contributed by atoms with Gasteiger partial charge in [-0.1, -0.05) is 24.3 Å². The van der Waals surface area contributed by atoms with Gasteiger partial charge in [-0.05, 0) is 17.9 Å². The zero-order chi connectivity index (χ0) is 12.9. The molecule has 0 saturated heterocycles. The van der Waals surface area contributed by atoms with Gasteiger partial charge in [0.15, 0.2) is 0 Å². The summed E-state index contributed by atoms with van der Waals surface area (Å²) in [6, 6.07) is 10.2. The predicted molar refractivity (Wildman–Crippen MR) is 76.9 cm³/mol. The third-order valence-electron chi connectivity index (χ3n) is 4.15. The van der Waals surface area contributed by atoms with Gasteiger partial charge in [0, 0.05) is 42.0 Å². The van der Waals surface area contributed by atoms with E-state index >= 15 is 0 Å². The molecule has 2 aromatic rings. The summed E-state index contributed by atoms with van der Waals surface area (Å²) in [7, 11) is 2.06. The van der Waals surface area contributed by atoms with Crippen molar-refractivity contribution in [3.05, 3.63) is 35.9 Å². The van der Waals surface area contributed by atoms with E-state index in [1.807, 2.05) is 24.3 Å². The maximum atomic E-state index is 10.1. The topological polar surface area (TPSA) is 23.5 Å². The van der Waals surface area contributed by atoms with Crippen molar-refractivity contribution in [1.29, 1.82) is 0 Å². The molecule has 0 aliphatic carbocycles. The highest BCUT2D eigenvalue weighted by molar-refractivity contribution is 6.19. The van der Waals surface area contributed by atoms with Crippen LogP contribution >= 0.6 is 11.6 Å².